The molecule has 1 amide bonds. The van der Waals surface area contributed by atoms with Gasteiger partial charge in [-0.15, -0.1) is 0 Å². The van der Waals surface area contributed by atoms with Crippen LogP contribution in [-0.2, 0) is 0 Å². The van der Waals surface area contributed by atoms with Gasteiger partial charge in [0.2, 0.25) is 0 Å². The molecule has 1 saturated heterocycles. The van der Waals surface area contributed by atoms with Gasteiger partial charge in [0.25, 0.3) is 11.6 Å². The smallest absolute Gasteiger partial charge is 0.273 e. The maximum atomic E-state index is 12.9. The highest BCUT2D eigenvalue weighted by molar-refractivity contribution is 5.95. The Morgan fingerprint density at radius 3 is 2.64 bits per heavy atom. The highest BCUT2D eigenvalue weighted by atomic mass is 16.6. The molecule has 25 heavy (non-hydrogen) atoms. The summed E-state index contributed by atoms with van der Waals surface area (Å²) in [5.74, 6) is 0.194. The van der Waals surface area contributed by atoms with E-state index in [1.165, 1.54) is 11.6 Å². The number of nitro benzene ring substituents is 1. The lowest BCUT2D eigenvalue weighted by Gasteiger charge is -2.25. The fourth-order valence-corrected chi connectivity index (χ4v) is 3.45. The highest BCUT2D eigenvalue weighted by Crippen LogP contribution is 2.28. The third kappa shape index (κ3) is 3.87. The summed E-state index contributed by atoms with van der Waals surface area (Å²) in [5, 5.41) is 11.1. The molecule has 0 spiro atoms. The topological polar surface area (TPSA) is 63.5 Å². The zero-order valence-electron chi connectivity index (χ0n) is 14.4. The van der Waals surface area contributed by atoms with Gasteiger partial charge in [-0.2, -0.15) is 0 Å². The molecule has 3 rings (SSSR count). The van der Waals surface area contributed by atoms with E-state index in [0.29, 0.717) is 30.1 Å². The van der Waals surface area contributed by atoms with E-state index in [4.69, 9.17) is 0 Å². The molecule has 5 nitrogen and oxygen atoms in total. The van der Waals surface area contributed by atoms with Crippen LogP contribution < -0.4 is 0 Å². The van der Waals surface area contributed by atoms with Gasteiger partial charge in [-0.25, -0.2) is 0 Å². The standard InChI is InChI=1S/C20H22N2O3/c1-15-10-11-17(13-19(15)22(24)25)20(23)21-12-6-5-9-18(14-21)16-7-3-2-4-8-16/h2-4,7-8,10-11,13,18H,5-6,9,12,14H2,1H3. The highest BCUT2D eigenvalue weighted by Gasteiger charge is 2.25. The maximum Gasteiger partial charge on any atom is 0.273 e. The van der Waals surface area contributed by atoms with Gasteiger partial charge in [0.05, 0.1) is 4.92 Å². The molecule has 1 fully saturated rings. The first-order chi connectivity index (χ1) is 12.1. The van der Waals surface area contributed by atoms with E-state index in [9.17, 15) is 14.9 Å². The number of aryl methyl sites for hydroxylation is 1. The summed E-state index contributed by atoms with van der Waals surface area (Å²) >= 11 is 0. The number of nitro groups is 1. The van der Waals surface area contributed by atoms with Crippen molar-refractivity contribution in [2.75, 3.05) is 13.1 Å². The van der Waals surface area contributed by atoms with Crippen LogP contribution in [0.3, 0.4) is 0 Å². The number of hydrogen-bond donors (Lipinski definition) is 0. The van der Waals surface area contributed by atoms with E-state index >= 15 is 0 Å². The Hall–Kier alpha value is -2.69. The number of carbonyl (C=O) groups is 1. The predicted octanol–water partition coefficient (Wildman–Crippen LogP) is 4.31. The lowest BCUT2D eigenvalue weighted by molar-refractivity contribution is -0.385. The van der Waals surface area contributed by atoms with Crippen molar-refractivity contribution in [1.82, 2.24) is 4.90 Å². The lowest BCUT2D eigenvalue weighted by Crippen LogP contribution is -2.34. The molecule has 1 atom stereocenters. The molecule has 1 unspecified atom stereocenters. The predicted molar refractivity (Wildman–Crippen MR) is 96.8 cm³/mol. The van der Waals surface area contributed by atoms with Crippen LogP contribution in [0.1, 0.15) is 46.7 Å². The third-order valence-electron chi connectivity index (χ3n) is 4.88. The molecular formula is C20H22N2O3. The second-order valence-corrected chi connectivity index (χ2v) is 6.61. The Morgan fingerprint density at radius 1 is 1.16 bits per heavy atom. The number of amides is 1. The summed E-state index contributed by atoms with van der Waals surface area (Å²) in [6.45, 7) is 3.04. The van der Waals surface area contributed by atoms with Crippen molar-refractivity contribution >= 4 is 11.6 Å². The molecule has 1 heterocycles. The van der Waals surface area contributed by atoms with Crippen LogP contribution in [-0.4, -0.2) is 28.8 Å². The van der Waals surface area contributed by atoms with Crippen molar-refractivity contribution in [1.29, 1.82) is 0 Å². The van der Waals surface area contributed by atoms with Crippen molar-refractivity contribution < 1.29 is 9.72 Å². The lowest BCUT2D eigenvalue weighted by atomic mass is 9.94. The van der Waals surface area contributed by atoms with Gasteiger partial charge in [0.15, 0.2) is 0 Å². The Bertz CT molecular complexity index is 774. The average Bonchev–Trinajstić information content (AvgIpc) is 2.88. The third-order valence-corrected chi connectivity index (χ3v) is 4.88. The minimum absolute atomic E-state index is 0.000260. The summed E-state index contributed by atoms with van der Waals surface area (Å²) in [4.78, 5) is 25.5. The van der Waals surface area contributed by atoms with E-state index in [1.54, 1.807) is 19.1 Å². The minimum atomic E-state index is -0.429. The molecule has 1 aliphatic heterocycles. The number of likely N-dealkylation sites (tertiary alicyclic amines) is 1. The number of carbonyl (C=O) groups excluding carboxylic acids is 1. The van der Waals surface area contributed by atoms with Crippen molar-refractivity contribution in [3.8, 4) is 0 Å². The van der Waals surface area contributed by atoms with Gasteiger partial charge in [-0.3, -0.25) is 14.9 Å². The first kappa shape index (κ1) is 17.1. The maximum absolute atomic E-state index is 12.9. The largest absolute Gasteiger partial charge is 0.338 e. The summed E-state index contributed by atoms with van der Waals surface area (Å²) in [7, 11) is 0. The van der Waals surface area contributed by atoms with Crippen molar-refractivity contribution in [3.05, 3.63) is 75.3 Å². The van der Waals surface area contributed by atoms with Gasteiger partial charge in [-0.05, 0) is 31.4 Å². The van der Waals surface area contributed by atoms with Gasteiger partial charge in [0, 0.05) is 36.2 Å². The van der Waals surface area contributed by atoms with E-state index in [-0.39, 0.29) is 11.6 Å². The molecule has 0 N–H and O–H groups in total. The Labute approximate surface area is 147 Å². The van der Waals surface area contributed by atoms with E-state index < -0.39 is 4.92 Å². The molecule has 130 valence electrons. The quantitative estimate of drug-likeness (QED) is 0.619. The van der Waals surface area contributed by atoms with Crippen LogP contribution >= 0.6 is 0 Å². The molecule has 2 aromatic rings. The first-order valence-electron chi connectivity index (χ1n) is 8.65. The fraction of sp³-hybridized carbons (Fsp3) is 0.350. The molecule has 0 aromatic heterocycles. The zero-order chi connectivity index (χ0) is 17.8. The van der Waals surface area contributed by atoms with Crippen molar-refractivity contribution in [2.45, 2.75) is 32.1 Å². The van der Waals surface area contributed by atoms with E-state index in [0.717, 1.165) is 19.3 Å². The molecule has 0 radical (unpaired) electrons. The molecule has 1 aliphatic rings. The van der Waals surface area contributed by atoms with Crippen LogP contribution in [0.4, 0.5) is 5.69 Å². The van der Waals surface area contributed by atoms with Gasteiger partial charge >= 0.3 is 0 Å². The van der Waals surface area contributed by atoms with Crippen molar-refractivity contribution in [3.63, 3.8) is 0 Å². The molecular weight excluding hydrogens is 316 g/mol. The van der Waals surface area contributed by atoms with Crippen LogP contribution in [0.2, 0.25) is 0 Å². The normalized spacial score (nSPS) is 17.8. The van der Waals surface area contributed by atoms with Gasteiger partial charge < -0.3 is 4.90 Å². The van der Waals surface area contributed by atoms with Crippen LogP contribution in [0, 0.1) is 17.0 Å². The first-order valence-corrected chi connectivity index (χ1v) is 8.65. The number of rotatable bonds is 3. The summed E-state index contributed by atoms with van der Waals surface area (Å²) < 4.78 is 0. The number of hydrogen-bond acceptors (Lipinski definition) is 3. The second-order valence-electron chi connectivity index (χ2n) is 6.61. The van der Waals surface area contributed by atoms with E-state index in [2.05, 4.69) is 12.1 Å². The Balaban J connectivity index is 1.83. The van der Waals surface area contributed by atoms with E-state index in [1.807, 2.05) is 23.1 Å². The van der Waals surface area contributed by atoms with Crippen LogP contribution in [0.15, 0.2) is 48.5 Å². The number of nitrogens with zero attached hydrogens (tertiary/aromatic N) is 2. The molecule has 5 heteroatoms. The minimum Gasteiger partial charge on any atom is -0.338 e. The fourth-order valence-electron chi connectivity index (χ4n) is 3.45. The SMILES string of the molecule is Cc1ccc(C(=O)N2CCCCC(c3ccccc3)C2)cc1[N+](=O)[O-]. The van der Waals surface area contributed by atoms with Crippen LogP contribution in [0.5, 0.6) is 0 Å². The van der Waals surface area contributed by atoms with Gasteiger partial charge in [0.1, 0.15) is 0 Å². The second kappa shape index (κ2) is 7.47. The summed E-state index contributed by atoms with van der Waals surface area (Å²) in [6.07, 6.45) is 3.10. The molecule has 0 bridgehead atoms. The Morgan fingerprint density at radius 2 is 1.92 bits per heavy atom. The zero-order valence-corrected chi connectivity index (χ0v) is 14.4. The number of benzene rings is 2. The van der Waals surface area contributed by atoms with Crippen molar-refractivity contribution in [2.24, 2.45) is 0 Å². The van der Waals surface area contributed by atoms with Crippen LogP contribution in [0.25, 0.3) is 0 Å². The Kier molecular flexibility index (Phi) is 5.12. The summed E-state index contributed by atoms with van der Waals surface area (Å²) in [6, 6.07) is 15.0. The summed E-state index contributed by atoms with van der Waals surface area (Å²) in [5.41, 5.74) is 2.21. The molecule has 0 aliphatic carbocycles. The monoisotopic (exact) mass is 338 g/mol. The molecule has 0 saturated carbocycles. The van der Waals surface area contributed by atoms with Gasteiger partial charge in [-0.1, -0.05) is 42.8 Å². The molecule has 2 aromatic carbocycles. The average molecular weight is 338 g/mol.